The molecule has 0 aliphatic rings. The largest absolute Gasteiger partial charge is 0.330 e. The van der Waals surface area contributed by atoms with Crippen molar-refractivity contribution in [1.82, 2.24) is 0 Å². The third-order valence-corrected chi connectivity index (χ3v) is 4.00. The van der Waals surface area contributed by atoms with Gasteiger partial charge in [-0.2, -0.15) is 11.3 Å². The molecule has 1 rings (SSSR count). The number of carbonyl (C=O) groups is 1. The smallest absolute Gasteiger partial charge is 0.165 e. The van der Waals surface area contributed by atoms with Gasteiger partial charge in [0.05, 0.1) is 0 Å². The van der Waals surface area contributed by atoms with E-state index in [1.807, 2.05) is 10.8 Å². The zero-order chi connectivity index (χ0) is 10.6. The van der Waals surface area contributed by atoms with E-state index in [-0.39, 0.29) is 5.78 Å². The number of carbonyl (C=O) groups excluding carboxylic acids is 1. The first-order chi connectivity index (χ1) is 6.69. The number of Topliss-reactive ketones (excluding diaryl/α,β-unsaturated/α-hetero) is 1. The van der Waals surface area contributed by atoms with Gasteiger partial charge < -0.3 is 5.73 Å². The van der Waals surface area contributed by atoms with E-state index in [1.165, 1.54) is 11.3 Å². The minimum atomic E-state index is 0.190. The summed E-state index contributed by atoms with van der Waals surface area (Å²) in [7, 11) is 0. The van der Waals surface area contributed by atoms with Crippen molar-refractivity contribution in [3.8, 4) is 0 Å². The van der Waals surface area contributed by atoms with Crippen molar-refractivity contribution in [2.45, 2.75) is 19.8 Å². The van der Waals surface area contributed by atoms with Gasteiger partial charge in [-0.05, 0) is 28.4 Å². The van der Waals surface area contributed by atoms with E-state index < -0.39 is 0 Å². The van der Waals surface area contributed by atoms with Crippen LogP contribution in [0.15, 0.2) is 15.2 Å². The fraction of sp³-hybridized carbons (Fsp3) is 0.500. The van der Waals surface area contributed by atoms with E-state index in [1.54, 1.807) is 0 Å². The van der Waals surface area contributed by atoms with Crippen LogP contribution in [-0.2, 0) is 0 Å². The summed E-state index contributed by atoms with van der Waals surface area (Å²) >= 11 is 4.90. The second kappa shape index (κ2) is 5.63. The van der Waals surface area contributed by atoms with Gasteiger partial charge in [-0.1, -0.05) is 13.3 Å². The molecule has 4 heteroatoms. The van der Waals surface area contributed by atoms with Crippen molar-refractivity contribution in [1.29, 1.82) is 0 Å². The topological polar surface area (TPSA) is 43.1 Å². The number of thiophene rings is 1. The van der Waals surface area contributed by atoms with Crippen molar-refractivity contribution in [3.63, 3.8) is 0 Å². The lowest BCUT2D eigenvalue weighted by Crippen LogP contribution is -2.17. The van der Waals surface area contributed by atoms with Crippen LogP contribution in [0.2, 0.25) is 0 Å². The van der Waals surface area contributed by atoms with Gasteiger partial charge in [0.2, 0.25) is 0 Å². The molecule has 1 aromatic rings. The van der Waals surface area contributed by atoms with Crippen LogP contribution in [0.25, 0.3) is 0 Å². The first-order valence-corrected chi connectivity index (χ1v) is 6.37. The molecule has 0 aliphatic carbocycles. The molecule has 0 aliphatic heterocycles. The van der Waals surface area contributed by atoms with Crippen LogP contribution in [0, 0.1) is 5.92 Å². The lowest BCUT2D eigenvalue weighted by molar-refractivity contribution is 0.0961. The van der Waals surface area contributed by atoms with Crippen molar-refractivity contribution >= 4 is 33.0 Å². The molecule has 1 aromatic heterocycles. The second-order valence-electron chi connectivity index (χ2n) is 3.27. The summed E-state index contributed by atoms with van der Waals surface area (Å²) in [5, 5.41) is 3.81. The third-order valence-electron chi connectivity index (χ3n) is 2.30. The second-order valence-corrected chi connectivity index (χ2v) is 4.87. The van der Waals surface area contributed by atoms with Gasteiger partial charge in [-0.25, -0.2) is 0 Å². The number of hydrogen-bond donors (Lipinski definition) is 1. The van der Waals surface area contributed by atoms with Crippen LogP contribution in [0.4, 0.5) is 0 Å². The Bertz CT molecular complexity index is 307. The standard InChI is InChI=1S/C10H14BrNOS/c1-2-7(4-12)3-10(13)8-5-14-6-9(8)11/h5-7H,2-4,12H2,1H3. The Morgan fingerprint density at radius 2 is 2.36 bits per heavy atom. The highest BCUT2D eigenvalue weighted by Gasteiger charge is 2.15. The molecule has 0 spiro atoms. The average molecular weight is 276 g/mol. The molecule has 0 fully saturated rings. The maximum Gasteiger partial charge on any atom is 0.165 e. The van der Waals surface area contributed by atoms with E-state index in [4.69, 9.17) is 5.73 Å². The summed E-state index contributed by atoms with van der Waals surface area (Å²) in [5.41, 5.74) is 6.36. The van der Waals surface area contributed by atoms with Crippen LogP contribution in [-0.4, -0.2) is 12.3 Å². The Hall–Kier alpha value is -0.190. The number of hydrogen-bond acceptors (Lipinski definition) is 3. The maximum absolute atomic E-state index is 11.8. The molecule has 78 valence electrons. The summed E-state index contributed by atoms with van der Waals surface area (Å²) in [6.45, 7) is 2.65. The SMILES string of the molecule is CCC(CN)CC(=O)c1cscc1Br. The molecule has 1 atom stereocenters. The van der Waals surface area contributed by atoms with Gasteiger partial charge in [0.1, 0.15) is 0 Å². The first-order valence-electron chi connectivity index (χ1n) is 4.64. The highest BCUT2D eigenvalue weighted by Crippen LogP contribution is 2.24. The van der Waals surface area contributed by atoms with Gasteiger partial charge in [0.25, 0.3) is 0 Å². The quantitative estimate of drug-likeness (QED) is 0.840. The molecule has 0 radical (unpaired) electrons. The van der Waals surface area contributed by atoms with E-state index in [9.17, 15) is 4.79 Å². The third kappa shape index (κ3) is 2.90. The van der Waals surface area contributed by atoms with E-state index in [0.29, 0.717) is 18.9 Å². The Morgan fingerprint density at radius 3 is 2.79 bits per heavy atom. The minimum Gasteiger partial charge on any atom is -0.330 e. The van der Waals surface area contributed by atoms with Gasteiger partial charge in [0.15, 0.2) is 5.78 Å². The summed E-state index contributed by atoms with van der Waals surface area (Å²) in [6, 6.07) is 0. The first kappa shape index (κ1) is 11.9. The van der Waals surface area contributed by atoms with Crippen LogP contribution < -0.4 is 5.73 Å². The molecular formula is C10H14BrNOS. The molecule has 1 heterocycles. The molecule has 0 amide bonds. The zero-order valence-electron chi connectivity index (χ0n) is 8.13. The monoisotopic (exact) mass is 275 g/mol. The van der Waals surface area contributed by atoms with Crippen molar-refractivity contribution < 1.29 is 4.79 Å². The molecule has 0 saturated carbocycles. The Balaban J connectivity index is 2.63. The molecule has 0 saturated heterocycles. The van der Waals surface area contributed by atoms with E-state index in [0.717, 1.165) is 16.5 Å². The van der Waals surface area contributed by atoms with Gasteiger partial charge >= 0.3 is 0 Å². The summed E-state index contributed by atoms with van der Waals surface area (Å²) in [6.07, 6.45) is 1.52. The summed E-state index contributed by atoms with van der Waals surface area (Å²) in [5.74, 6) is 0.504. The highest BCUT2D eigenvalue weighted by atomic mass is 79.9. The average Bonchev–Trinajstić information content (AvgIpc) is 2.60. The van der Waals surface area contributed by atoms with E-state index >= 15 is 0 Å². The summed E-state index contributed by atoms with van der Waals surface area (Å²) in [4.78, 5) is 11.8. The highest BCUT2D eigenvalue weighted by molar-refractivity contribution is 9.10. The summed E-state index contributed by atoms with van der Waals surface area (Å²) < 4.78 is 0.902. The number of ketones is 1. The van der Waals surface area contributed by atoms with Gasteiger partial charge in [-0.15, -0.1) is 0 Å². The zero-order valence-corrected chi connectivity index (χ0v) is 10.5. The van der Waals surface area contributed by atoms with Crippen LogP contribution in [0.1, 0.15) is 30.1 Å². The van der Waals surface area contributed by atoms with Crippen molar-refractivity contribution in [2.75, 3.05) is 6.54 Å². The normalized spacial score (nSPS) is 12.8. The number of halogens is 1. The Morgan fingerprint density at radius 1 is 1.64 bits per heavy atom. The van der Waals surface area contributed by atoms with E-state index in [2.05, 4.69) is 22.9 Å². The minimum absolute atomic E-state index is 0.190. The molecule has 0 bridgehead atoms. The predicted octanol–water partition coefficient (Wildman–Crippen LogP) is 3.07. The van der Waals surface area contributed by atoms with Crippen molar-refractivity contribution in [3.05, 3.63) is 20.8 Å². The predicted molar refractivity (Wildman–Crippen MR) is 63.8 cm³/mol. The molecule has 1 unspecified atom stereocenters. The Kier molecular flexibility index (Phi) is 4.78. The van der Waals surface area contributed by atoms with Crippen LogP contribution >= 0.6 is 27.3 Å². The number of nitrogens with two attached hydrogens (primary N) is 1. The molecule has 0 aromatic carbocycles. The lowest BCUT2D eigenvalue weighted by atomic mass is 9.97. The lowest BCUT2D eigenvalue weighted by Gasteiger charge is -2.10. The van der Waals surface area contributed by atoms with Gasteiger partial charge in [-0.3, -0.25) is 4.79 Å². The molecular weight excluding hydrogens is 262 g/mol. The fourth-order valence-electron chi connectivity index (χ4n) is 1.25. The Labute approximate surface area is 96.6 Å². The maximum atomic E-state index is 11.8. The molecule has 2 N–H and O–H groups in total. The molecule has 14 heavy (non-hydrogen) atoms. The van der Waals surface area contributed by atoms with Crippen molar-refractivity contribution in [2.24, 2.45) is 11.7 Å². The fourth-order valence-corrected chi connectivity index (χ4v) is 2.77. The van der Waals surface area contributed by atoms with Crippen LogP contribution in [0.5, 0.6) is 0 Å². The number of rotatable bonds is 5. The molecule has 2 nitrogen and oxygen atoms in total. The van der Waals surface area contributed by atoms with Crippen LogP contribution in [0.3, 0.4) is 0 Å². The van der Waals surface area contributed by atoms with Gasteiger partial charge in [0, 0.05) is 27.2 Å².